The van der Waals surface area contributed by atoms with E-state index in [2.05, 4.69) is 0 Å². The van der Waals surface area contributed by atoms with Gasteiger partial charge in [0.15, 0.2) is 0 Å². The van der Waals surface area contributed by atoms with Gasteiger partial charge in [-0.1, -0.05) is 35.3 Å². The molecule has 140 valence electrons. The molecule has 27 heavy (non-hydrogen) atoms. The van der Waals surface area contributed by atoms with Crippen LogP contribution in [0.3, 0.4) is 0 Å². The van der Waals surface area contributed by atoms with Crippen LogP contribution < -0.4 is 0 Å². The SMILES string of the molecule is O=C1C(=O)N(CCO)C(c2ccc(O)cc2)C1=C(O)c1ccc(Cl)cc1Cl. The molecule has 0 spiro atoms. The monoisotopic (exact) mass is 407 g/mol. The van der Waals surface area contributed by atoms with E-state index in [1.54, 1.807) is 0 Å². The minimum absolute atomic E-state index is 0.0126. The molecule has 0 bridgehead atoms. The van der Waals surface area contributed by atoms with Crippen molar-refractivity contribution in [1.82, 2.24) is 4.90 Å². The fraction of sp³-hybridized carbons (Fsp3) is 0.158. The number of ketones is 1. The molecule has 1 unspecified atom stereocenters. The Morgan fingerprint density at radius 1 is 1.07 bits per heavy atom. The van der Waals surface area contributed by atoms with Gasteiger partial charge in [0.25, 0.3) is 11.7 Å². The topological polar surface area (TPSA) is 98.1 Å². The molecular weight excluding hydrogens is 393 g/mol. The highest BCUT2D eigenvalue weighted by Gasteiger charge is 2.45. The van der Waals surface area contributed by atoms with E-state index in [9.17, 15) is 24.9 Å². The smallest absolute Gasteiger partial charge is 0.295 e. The lowest BCUT2D eigenvalue weighted by Crippen LogP contribution is -2.32. The molecular formula is C19H15Cl2NO5. The van der Waals surface area contributed by atoms with Crippen molar-refractivity contribution in [1.29, 1.82) is 0 Å². The molecule has 1 aliphatic rings. The maximum Gasteiger partial charge on any atom is 0.295 e. The van der Waals surface area contributed by atoms with Gasteiger partial charge in [0.1, 0.15) is 11.5 Å². The number of benzene rings is 2. The number of hydrogen-bond acceptors (Lipinski definition) is 5. The first kappa shape index (κ1) is 19.2. The minimum atomic E-state index is -0.926. The second kappa shape index (κ2) is 7.60. The van der Waals surface area contributed by atoms with Crippen LogP contribution in [0.4, 0.5) is 0 Å². The molecule has 0 aliphatic carbocycles. The first-order chi connectivity index (χ1) is 12.8. The third-order valence-electron chi connectivity index (χ3n) is 4.28. The molecule has 2 aromatic carbocycles. The highest BCUT2D eigenvalue weighted by molar-refractivity contribution is 6.47. The van der Waals surface area contributed by atoms with Crippen LogP contribution in [0.1, 0.15) is 17.2 Å². The van der Waals surface area contributed by atoms with Crippen molar-refractivity contribution in [2.75, 3.05) is 13.2 Å². The van der Waals surface area contributed by atoms with Crippen LogP contribution in [-0.4, -0.2) is 45.1 Å². The number of aliphatic hydroxyl groups is 2. The van der Waals surface area contributed by atoms with E-state index in [1.165, 1.54) is 47.4 Å². The van der Waals surface area contributed by atoms with Gasteiger partial charge in [0.05, 0.1) is 23.2 Å². The van der Waals surface area contributed by atoms with E-state index in [4.69, 9.17) is 23.2 Å². The number of phenols is 1. The van der Waals surface area contributed by atoms with Gasteiger partial charge in [-0.3, -0.25) is 9.59 Å². The molecule has 1 amide bonds. The first-order valence-electron chi connectivity index (χ1n) is 7.98. The summed E-state index contributed by atoms with van der Waals surface area (Å²) in [5.74, 6) is -2.15. The number of β-amino-alcohol motifs (C(OH)–C–C–N with tert-alkyl or cyclic N) is 1. The summed E-state index contributed by atoms with van der Waals surface area (Å²) in [7, 11) is 0. The molecule has 1 fully saturated rings. The van der Waals surface area contributed by atoms with Gasteiger partial charge in [-0.2, -0.15) is 0 Å². The Kier molecular flexibility index (Phi) is 5.41. The lowest BCUT2D eigenvalue weighted by molar-refractivity contribution is -0.140. The zero-order chi connectivity index (χ0) is 19.7. The van der Waals surface area contributed by atoms with E-state index >= 15 is 0 Å². The Balaban J connectivity index is 2.21. The van der Waals surface area contributed by atoms with Gasteiger partial charge in [0.2, 0.25) is 0 Å². The Bertz CT molecular complexity index is 940. The van der Waals surface area contributed by atoms with Crippen molar-refractivity contribution < 1.29 is 24.9 Å². The summed E-state index contributed by atoms with van der Waals surface area (Å²) in [6, 6.07) is 9.32. The Hall–Kier alpha value is -2.54. The van der Waals surface area contributed by atoms with E-state index in [0.717, 1.165) is 0 Å². The maximum absolute atomic E-state index is 12.6. The van der Waals surface area contributed by atoms with Crippen molar-refractivity contribution in [2.45, 2.75) is 6.04 Å². The molecule has 1 saturated heterocycles. The van der Waals surface area contributed by atoms with Crippen molar-refractivity contribution in [3.8, 4) is 5.75 Å². The number of amides is 1. The number of aliphatic hydroxyl groups excluding tert-OH is 2. The molecule has 0 radical (unpaired) electrons. The second-order valence-electron chi connectivity index (χ2n) is 5.93. The van der Waals surface area contributed by atoms with Crippen LogP contribution in [0, 0.1) is 0 Å². The molecule has 1 heterocycles. The summed E-state index contributed by atoms with van der Waals surface area (Å²) in [5, 5.41) is 30.1. The first-order valence-corrected chi connectivity index (χ1v) is 8.74. The van der Waals surface area contributed by atoms with E-state index < -0.39 is 23.5 Å². The standard InChI is InChI=1S/C19H15Cl2NO5/c20-11-3-6-13(14(21)9-11)17(25)15-16(10-1-4-12(24)5-2-10)22(7-8-23)19(27)18(15)26/h1-6,9,16,23-25H,7-8H2. The number of rotatable bonds is 4. The summed E-state index contributed by atoms with van der Waals surface area (Å²) >= 11 is 12.0. The van der Waals surface area contributed by atoms with Crippen LogP contribution in [-0.2, 0) is 9.59 Å². The van der Waals surface area contributed by atoms with Crippen LogP contribution in [0.2, 0.25) is 10.0 Å². The number of aromatic hydroxyl groups is 1. The molecule has 3 rings (SSSR count). The van der Waals surface area contributed by atoms with Crippen LogP contribution in [0.5, 0.6) is 5.75 Å². The number of halogens is 2. The average molecular weight is 408 g/mol. The Morgan fingerprint density at radius 2 is 1.74 bits per heavy atom. The van der Waals surface area contributed by atoms with Crippen molar-refractivity contribution >= 4 is 40.7 Å². The second-order valence-corrected chi connectivity index (χ2v) is 6.78. The fourth-order valence-corrected chi connectivity index (χ4v) is 3.55. The zero-order valence-electron chi connectivity index (χ0n) is 13.9. The third kappa shape index (κ3) is 3.51. The van der Waals surface area contributed by atoms with Gasteiger partial charge < -0.3 is 20.2 Å². The van der Waals surface area contributed by atoms with E-state index in [1.807, 2.05) is 0 Å². The molecule has 6 nitrogen and oxygen atoms in total. The summed E-state index contributed by atoms with van der Waals surface area (Å²) in [5.41, 5.74) is 0.502. The third-order valence-corrected chi connectivity index (χ3v) is 4.82. The Labute approximate surface area is 164 Å². The average Bonchev–Trinajstić information content (AvgIpc) is 2.87. The van der Waals surface area contributed by atoms with Crippen LogP contribution in [0.15, 0.2) is 48.0 Å². The van der Waals surface area contributed by atoms with Crippen LogP contribution in [0.25, 0.3) is 5.76 Å². The highest BCUT2D eigenvalue weighted by atomic mass is 35.5. The number of Topliss-reactive ketones (excluding diaryl/α,β-unsaturated/α-hetero) is 1. The number of hydrogen-bond donors (Lipinski definition) is 3. The van der Waals surface area contributed by atoms with Gasteiger partial charge in [-0.25, -0.2) is 0 Å². The van der Waals surface area contributed by atoms with Crippen molar-refractivity contribution in [3.63, 3.8) is 0 Å². The molecule has 3 N–H and O–H groups in total. The number of carbonyl (C=O) groups is 2. The van der Waals surface area contributed by atoms with Gasteiger partial charge >= 0.3 is 0 Å². The fourth-order valence-electron chi connectivity index (χ4n) is 3.05. The number of carbonyl (C=O) groups excluding carboxylic acids is 2. The van der Waals surface area contributed by atoms with Gasteiger partial charge in [-0.15, -0.1) is 0 Å². The normalized spacial score (nSPS) is 18.9. The van der Waals surface area contributed by atoms with Gasteiger partial charge in [-0.05, 0) is 35.9 Å². The lowest BCUT2D eigenvalue weighted by atomic mass is 9.95. The minimum Gasteiger partial charge on any atom is -0.508 e. The quantitative estimate of drug-likeness (QED) is 0.410. The van der Waals surface area contributed by atoms with Crippen molar-refractivity contribution in [2.24, 2.45) is 0 Å². The molecule has 1 aliphatic heterocycles. The Morgan fingerprint density at radius 3 is 2.33 bits per heavy atom. The van der Waals surface area contributed by atoms with Gasteiger partial charge in [0, 0.05) is 17.1 Å². The molecule has 1 atom stereocenters. The highest BCUT2D eigenvalue weighted by Crippen LogP contribution is 2.40. The predicted octanol–water partition coefficient (Wildman–Crippen LogP) is 3.11. The largest absolute Gasteiger partial charge is 0.508 e. The summed E-state index contributed by atoms with van der Waals surface area (Å²) in [4.78, 5) is 26.2. The summed E-state index contributed by atoms with van der Waals surface area (Å²) in [6.45, 7) is -0.454. The molecule has 0 saturated carbocycles. The predicted molar refractivity (Wildman–Crippen MR) is 101 cm³/mol. The maximum atomic E-state index is 12.6. The van der Waals surface area contributed by atoms with Crippen molar-refractivity contribution in [3.05, 3.63) is 69.2 Å². The summed E-state index contributed by atoms with van der Waals surface area (Å²) in [6.07, 6.45) is 0. The molecule has 0 aromatic heterocycles. The zero-order valence-corrected chi connectivity index (χ0v) is 15.4. The molecule has 2 aromatic rings. The summed E-state index contributed by atoms with van der Waals surface area (Å²) < 4.78 is 0. The van der Waals surface area contributed by atoms with E-state index in [-0.39, 0.29) is 35.1 Å². The lowest BCUT2D eigenvalue weighted by Gasteiger charge is -2.24. The van der Waals surface area contributed by atoms with E-state index in [0.29, 0.717) is 10.6 Å². The number of likely N-dealkylation sites (tertiary alicyclic amines) is 1. The van der Waals surface area contributed by atoms with Crippen LogP contribution >= 0.6 is 23.2 Å². The number of phenolic OH excluding ortho intramolecular Hbond substituents is 1. The number of nitrogens with zero attached hydrogens (tertiary/aromatic N) is 1. The molecule has 8 heteroatoms.